The number of aromatic nitrogens is 2. The fourth-order valence-electron chi connectivity index (χ4n) is 2.69. The van der Waals surface area contributed by atoms with Crippen molar-refractivity contribution >= 4 is 27.5 Å². The van der Waals surface area contributed by atoms with Crippen LogP contribution in [0, 0.1) is 12.7 Å². The molecule has 0 bridgehead atoms. The molecule has 7 heteroatoms. The lowest BCUT2D eigenvalue weighted by molar-refractivity contribution is 0.0739. The zero-order valence-corrected chi connectivity index (χ0v) is 14.7. The van der Waals surface area contributed by atoms with Crippen LogP contribution in [0.3, 0.4) is 0 Å². The van der Waals surface area contributed by atoms with E-state index in [2.05, 4.69) is 25.9 Å². The third kappa shape index (κ3) is 3.10. The van der Waals surface area contributed by atoms with Crippen LogP contribution in [0.25, 0.3) is 0 Å². The Labute approximate surface area is 142 Å². The van der Waals surface area contributed by atoms with Crippen LogP contribution in [0.2, 0.25) is 0 Å². The Hall–Kier alpha value is -1.89. The van der Waals surface area contributed by atoms with Crippen LogP contribution in [-0.2, 0) is 7.05 Å². The minimum atomic E-state index is -0.238. The van der Waals surface area contributed by atoms with Crippen LogP contribution in [0.4, 0.5) is 10.1 Å². The topological polar surface area (TPSA) is 41.4 Å². The molecule has 1 aromatic heterocycles. The van der Waals surface area contributed by atoms with Crippen LogP contribution in [-0.4, -0.2) is 46.8 Å². The zero-order chi connectivity index (χ0) is 16.6. The number of benzene rings is 1. The maximum atomic E-state index is 13.0. The molecule has 2 aromatic rings. The number of hydrogen-bond donors (Lipinski definition) is 0. The molecule has 0 N–H and O–H groups in total. The van der Waals surface area contributed by atoms with Gasteiger partial charge in [0.2, 0.25) is 0 Å². The van der Waals surface area contributed by atoms with Gasteiger partial charge in [0, 0.05) is 38.9 Å². The Morgan fingerprint density at radius 2 is 1.78 bits per heavy atom. The molecular weight excluding hydrogens is 363 g/mol. The highest BCUT2D eigenvalue weighted by molar-refractivity contribution is 9.10. The number of carbonyl (C=O) groups excluding carboxylic acids is 1. The minimum Gasteiger partial charge on any atom is -0.368 e. The van der Waals surface area contributed by atoms with Crippen LogP contribution in [0.5, 0.6) is 0 Å². The molecule has 1 saturated heterocycles. The number of amides is 1. The van der Waals surface area contributed by atoms with Gasteiger partial charge in [0.1, 0.15) is 5.82 Å². The van der Waals surface area contributed by atoms with Crippen LogP contribution in [0.1, 0.15) is 16.2 Å². The fraction of sp³-hybridized carbons (Fsp3) is 0.375. The average molecular weight is 381 g/mol. The highest BCUT2D eigenvalue weighted by Gasteiger charge is 2.26. The van der Waals surface area contributed by atoms with E-state index in [0.717, 1.165) is 28.9 Å². The number of nitrogens with zero attached hydrogens (tertiary/aromatic N) is 4. The molecule has 0 spiro atoms. The van der Waals surface area contributed by atoms with Gasteiger partial charge in [-0.2, -0.15) is 5.10 Å². The number of hydrogen-bond acceptors (Lipinski definition) is 3. The van der Waals surface area contributed by atoms with Gasteiger partial charge in [0.15, 0.2) is 5.69 Å². The van der Waals surface area contributed by atoms with Gasteiger partial charge in [0.05, 0.1) is 10.2 Å². The number of aryl methyl sites for hydroxylation is 1. The molecule has 1 amide bonds. The van der Waals surface area contributed by atoms with Gasteiger partial charge in [-0.1, -0.05) is 0 Å². The molecule has 3 rings (SSSR count). The summed E-state index contributed by atoms with van der Waals surface area (Å²) in [6.45, 7) is 4.61. The lowest BCUT2D eigenvalue weighted by atomic mass is 10.2. The second-order valence-corrected chi connectivity index (χ2v) is 6.42. The number of piperazine rings is 1. The minimum absolute atomic E-state index is 0.0562. The van der Waals surface area contributed by atoms with E-state index in [9.17, 15) is 9.18 Å². The molecule has 2 heterocycles. The summed E-state index contributed by atoms with van der Waals surface area (Å²) in [5.41, 5.74) is 2.37. The first-order valence-corrected chi connectivity index (χ1v) is 8.25. The Morgan fingerprint density at radius 3 is 2.30 bits per heavy atom. The lowest BCUT2D eigenvalue weighted by Crippen LogP contribution is -2.49. The molecule has 0 unspecified atom stereocenters. The first-order chi connectivity index (χ1) is 11.0. The van der Waals surface area contributed by atoms with Crippen molar-refractivity contribution in [3.05, 3.63) is 45.9 Å². The maximum absolute atomic E-state index is 13.0. The van der Waals surface area contributed by atoms with E-state index in [0.29, 0.717) is 18.8 Å². The van der Waals surface area contributed by atoms with E-state index >= 15 is 0 Å². The molecular formula is C16H18BrFN4O. The predicted molar refractivity (Wildman–Crippen MR) is 90.2 cm³/mol. The SMILES string of the molecule is Cc1c(Br)c(C(=O)N2CCN(c3ccc(F)cc3)CC2)nn1C. The van der Waals surface area contributed by atoms with Crippen molar-refractivity contribution in [1.82, 2.24) is 14.7 Å². The Morgan fingerprint density at radius 1 is 1.17 bits per heavy atom. The zero-order valence-electron chi connectivity index (χ0n) is 13.1. The maximum Gasteiger partial charge on any atom is 0.275 e. The van der Waals surface area contributed by atoms with E-state index < -0.39 is 0 Å². The molecule has 1 aromatic carbocycles. The van der Waals surface area contributed by atoms with E-state index in [1.165, 1.54) is 12.1 Å². The van der Waals surface area contributed by atoms with E-state index in [-0.39, 0.29) is 11.7 Å². The molecule has 1 aliphatic heterocycles. The monoisotopic (exact) mass is 380 g/mol. The third-order valence-corrected chi connectivity index (χ3v) is 5.17. The summed E-state index contributed by atoms with van der Waals surface area (Å²) >= 11 is 3.45. The highest BCUT2D eigenvalue weighted by atomic mass is 79.9. The van der Waals surface area contributed by atoms with Gasteiger partial charge >= 0.3 is 0 Å². The first kappa shape index (κ1) is 16.0. The van der Waals surface area contributed by atoms with Crippen LogP contribution in [0.15, 0.2) is 28.7 Å². The van der Waals surface area contributed by atoms with Gasteiger partial charge in [-0.3, -0.25) is 9.48 Å². The number of anilines is 1. The van der Waals surface area contributed by atoms with Gasteiger partial charge in [-0.25, -0.2) is 4.39 Å². The van der Waals surface area contributed by atoms with E-state index in [1.54, 1.807) is 16.8 Å². The summed E-state index contributed by atoms with van der Waals surface area (Å²) in [5, 5.41) is 4.30. The van der Waals surface area contributed by atoms with E-state index in [4.69, 9.17) is 0 Å². The molecule has 0 saturated carbocycles. The van der Waals surface area contributed by atoms with Crippen molar-refractivity contribution in [2.24, 2.45) is 7.05 Å². The van der Waals surface area contributed by atoms with Gasteiger partial charge in [0.25, 0.3) is 5.91 Å². The summed E-state index contributed by atoms with van der Waals surface area (Å²) in [5.74, 6) is -0.294. The van der Waals surface area contributed by atoms with Gasteiger partial charge in [-0.15, -0.1) is 0 Å². The van der Waals surface area contributed by atoms with Crippen molar-refractivity contribution in [2.45, 2.75) is 6.92 Å². The van der Waals surface area contributed by atoms with Crippen molar-refractivity contribution in [1.29, 1.82) is 0 Å². The normalized spacial score (nSPS) is 15.1. The van der Waals surface area contributed by atoms with Gasteiger partial charge in [-0.05, 0) is 47.1 Å². The predicted octanol–water partition coefficient (Wildman–Crippen LogP) is 2.59. The number of rotatable bonds is 2. The Kier molecular flexibility index (Phi) is 4.39. The van der Waals surface area contributed by atoms with Crippen LogP contribution >= 0.6 is 15.9 Å². The van der Waals surface area contributed by atoms with Crippen molar-refractivity contribution in [3.8, 4) is 0 Å². The second kappa shape index (κ2) is 6.31. The summed E-state index contributed by atoms with van der Waals surface area (Å²) in [6, 6.07) is 6.46. The number of carbonyl (C=O) groups is 1. The largest absolute Gasteiger partial charge is 0.368 e. The van der Waals surface area contributed by atoms with E-state index in [1.807, 2.05) is 18.9 Å². The Balaban J connectivity index is 1.67. The quantitative estimate of drug-likeness (QED) is 0.803. The summed E-state index contributed by atoms with van der Waals surface area (Å²) in [4.78, 5) is 16.6. The molecule has 23 heavy (non-hydrogen) atoms. The Bertz CT molecular complexity index is 720. The molecule has 1 aliphatic rings. The summed E-state index contributed by atoms with van der Waals surface area (Å²) in [7, 11) is 1.82. The lowest BCUT2D eigenvalue weighted by Gasteiger charge is -2.35. The van der Waals surface area contributed by atoms with Crippen molar-refractivity contribution in [2.75, 3.05) is 31.1 Å². The summed E-state index contributed by atoms with van der Waals surface area (Å²) in [6.07, 6.45) is 0. The molecule has 1 fully saturated rings. The van der Waals surface area contributed by atoms with Crippen molar-refractivity contribution in [3.63, 3.8) is 0 Å². The molecule has 0 aliphatic carbocycles. The first-order valence-electron chi connectivity index (χ1n) is 7.46. The van der Waals surface area contributed by atoms with Crippen LogP contribution < -0.4 is 4.90 Å². The average Bonchev–Trinajstić information content (AvgIpc) is 2.83. The van der Waals surface area contributed by atoms with Crippen molar-refractivity contribution < 1.29 is 9.18 Å². The highest BCUT2D eigenvalue weighted by Crippen LogP contribution is 2.23. The fourth-order valence-corrected chi connectivity index (χ4v) is 3.19. The molecule has 0 radical (unpaired) electrons. The van der Waals surface area contributed by atoms with Gasteiger partial charge < -0.3 is 9.80 Å². The molecule has 5 nitrogen and oxygen atoms in total. The number of halogens is 2. The smallest absolute Gasteiger partial charge is 0.275 e. The standard InChI is InChI=1S/C16H18BrFN4O/c1-11-14(17)15(19-20(11)2)16(23)22-9-7-21(8-10-22)13-5-3-12(18)4-6-13/h3-6H,7-10H2,1-2H3. The molecule has 0 atom stereocenters. The third-order valence-electron chi connectivity index (χ3n) is 4.22. The second-order valence-electron chi connectivity index (χ2n) is 5.63. The summed E-state index contributed by atoms with van der Waals surface area (Å²) < 4.78 is 15.5. The molecule has 122 valence electrons.